The fourth-order valence-electron chi connectivity index (χ4n) is 1.34. The second-order valence-corrected chi connectivity index (χ2v) is 4.80. The number of nitrogens with zero attached hydrogens (tertiary/aromatic N) is 2. The summed E-state index contributed by atoms with van der Waals surface area (Å²) in [5.74, 6) is 0. The minimum Gasteiger partial charge on any atom is -0.444 e. The van der Waals surface area contributed by atoms with Gasteiger partial charge in [0.05, 0.1) is 24.3 Å². The first-order chi connectivity index (χ1) is 7.29. The number of aryl methyl sites for hydroxylation is 1. The van der Waals surface area contributed by atoms with E-state index < -0.39 is 11.7 Å². The van der Waals surface area contributed by atoms with Gasteiger partial charge in [-0.3, -0.25) is 0 Å². The SMILES string of the molecule is C[C@@H](NC(=O)OC(C)(C)C)c1cncn1C. The molecule has 0 bridgehead atoms. The second kappa shape index (κ2) is 4.55. The number of nitrogens with one attached hydrogen (secondary N) is 1. The highest BCUT2D eigenvalue weighted by molar-refractivity contribution is 5.68. The number of carbonyl (C=O) groups excluding carboxylic acids is 1. The number of ether oxygens (including phenoxy) is 1. The van der Waals surface area contributed by atoms with Gasteiger partial charge in [0.2, 0.25) is 0 Å². The van der Waals surface area contributed by atoms with E-state index in [2.05, 4.69) is 10.3 Å². The Labute approximate surface area is 95.8 Å². The van der Waals surface area contributed by atoms with E-state index in [0.717, 1.165) is 5.69 Å². The lowest BCUT2D eigenvalue weighted by molar-refractivity contribution is 0.0506. The lowest BCUT2D eigenvalue weighted by Crippen LogP contribution is -2.34. The van der Waals surface area contributed by atoms with Gasteiger partial charge in [0.25, 0.3) is 0 Å². The maximum Gasteiger partial charge on any atom is 0.408 e. The molecule has 1 amide bonds. The standard InChI is InChI=1S/C11H19N3O2/c1-8(9-6-12-7-14(9)5)13-10(15)16-11(2,3)4/h6-8H,1-5H3,(H,13,15)/t8-/m1/s1. The average molecular weight is 225 g/mol. The molecule has 0 aliphatic rings. The van der Waals surface area contributed by atoms with Crippen LogP contribution in [0.5, 0.6) is 0 Å². The third-order valence-electron chi connectivity index (χ3n) is 2.03. The Hall–Kier alpha value is -1.52. The monoisotopic (exact) mass is 225 g/mol. The predicted octanol–water partition coefficient (Wildman–Crippen LogP) is 2.01. The molecular weight excluding hydrogens is 206 g/mol. The van der Waals surface area contributed by atoms with Gasteiger partial charge in [-0.05, 0) is 27.7 Å². The van der Waals surface area contributed by atoms with Crippen molar-refractivity contribution in [3.63, 3.8) is 0 Å². The molecule has 16 heavy (non-hydrogen) atoms. The van der Waals surface area contributed by atoms with Crippen molar-refractivity contribution < 1.29 is 9.53 Å². The molecule has 90 valence electrons. The highest BCUT2D eigenvalue weighted by Crippen LogP contribution is 2.12. The fraction of sp³-hybridized carbons (Fsp3) is 0.636. The molecule has 0 aliphatic carbocycles. The van der Waals surface area contributed by atoms with Gasteiger partial charge in [-0.25, -0.2) is 9.78 Å². The van der Waals surface area contributed by atoms with Crippen LogP contribution in [0.3, 0.4) is 0 Å². The van der Waals surface area contributed by atoms with E-state index in [0.29, 0.717) is 0 Å². The van der Waals surface area contributed by atoms with Crippen LogP contribution in [0, 0.1) is 0 Å². The molecule has 0 spiro atoms. The van der Waals surface area contributed by atoms with Crippen LogP contribution in [-0.4, -0.2) is 21.2 Å². The molecule has 0 fully saturated rings. The summed E-state index contributed by atoms with van der Waals surface area (Å²) < 4.78 is 7.03. The van der Waals surface area contributed by atoms with Gasteiger partial charge >= 0.3 is 6.09 Å². The van der Waals surface area contributed by atoms with Crippen LogP contribution in [-0.2, 0) is 11.8 Å². The number of hydrogen-bond acceptors (Lipinski definition) is 3. The van der Waals surface area contributed by atoms with E-state index >= 15 is 0 Å². The van der Waals surface area contributed by atoms with Crippen molar-refractivity contribution in [2.75, 3.05) is 0 Å². The Bertz CT molecular complexity index is 366. The number of carbonyl (C=O) groups is 1. The second-order valence-electron chi connectivity index (χ2n) is 4.80. The average Bonchev–Trinajstić information content (AvgIpc) is 2.47. The van der Waals surface area contributed by atoms with Gasteiger partial charge in [0, 0.05) is 7.05 Å². The Morgan fingerprint density at radius 1 is 1.56 bits per heavy atom. The van der Waals surface area contributed by atoms with Gasteiger partial charge in [0.1, 0.15) is 5.60 Å². The van der Waals surface area contributed by atoms with E-state index in [9.17, 15) is 4.79 Å². The number of rotatable bonds is 2. The Morgan fingerprint density at radius 2 is 2.19 bits per heavy atom. The third kappa shape index (κ3) is 3.56. The predicted molar refractivity (Wildman–Crippen MR) is 61.0 cm³/mol. The maximum absolute atomic E-state index is 11.5. The zero-order valence-electron chi connectivity index (χ0n) is 10.4. The van der Waals surface area contributed by atoms with E-state index in [1.165, 1.54) is 0 Å². The van der Waals surface area contributed by atoms with Gasteiger partial charge in [-0.2, -0.15) is 0 Å². The summed E-state index contributed by atoms with van der Waals surface area (Å²) in [4.78, 5) is 15.5. The van der Waals surface area contributed by atoms with Crippen LogP contribution in [0.25, 0.3) is 0 Å². The molecule has 0 aliphatic heterocycles. The Kier molecular flexibility index (Phi) is 3.57. The van der Waals surface area contributed by atoms with Crippen molar-refractivity contribution >= 4 is 6.09 Å². The van der Waals surface area contributed by atoms with Crippen LogP contribution >= 0.6 is 0 Å². The van der Waals surface area contributed by atoms with Crippen LogP contribution in [0.2, 0.25) is 0 Å². The normalized spacial score (nSPS) is 13.3. The van der Waals surface area contributed by atoms with Crippen LogP contribution in [0.15, 0.2) is 12.5 Å². The number of amides is 1. The third-order valence-corrected chi connectivity index (χ3v) is 2.03. The number of aromatic nitrogens is 2. The molecule has 0 unspecified atom stereocenters. The zero-order chi connectivity index (χ0) is 12.3. The molecule has 5 nitrogen and oxygen atoms in total. The van der Waals surface area contributed by atoms with Crippen molar-refractivity contribution in [1.29, 1.82) is 0 Å². The molecule has 5 heteroatoms. The van der Waals surface area contributed by atoms with Crippen LogP contribution < -0.4 is 5.32 Å². The van der Waals surface area contributed by atoms with Crippen LogP contribution in [0.4, 0.5) is 4.79 Å². The van der Waals surface area contributed by atoms with Crippen molar-refractivity contribution in [1.82, 2.24) is 14.9 Å². The first-order valence-corrected chi connectivity index (χ1v) is 5.25. The molecule has 1 atom stereocenters. The molecule has 1 aromatic heterocycles. The van der Waals surface area contributed by atoms with Gasteiger partial charge in [-0.1, -0.05) is 0 Å². The highest BCUT2D eigenvalue weighted by Gasteiger charge is 2.19. The zero-order valence-corrected chi connectivity index (χ0v) is 10.4. The van der Waals surface area contributed by atoms with E-state index in [4.69, 9.17) is 4.74 Å². The molecule has 1 N–H and O–H groups in total. The summed E-state index contributed by atoms with van der Waals surface area (Å²) in [5.41, 5.74) is 0.460. The quantitative estimate of drug-likeness (QED) is 0.837. The first-order valence-electron chi connectivity index (χ1n) is 5.25. The Morgan fingerprint density at radius 3 is 2.62 bits per heavy atom. The Balaban J connectivity index is 2.56. The van der Waals surface area contributed by atoms with E-state index in [1.54, 1.807) is 12.5 Å². The highest BCUT2D eigenvalue weighted by atomic mass is 16.6. The van der Waals surface area contributed by atoms with Crippen molar-refractivity contribution in [3.05, 3.63) is 18.2 Å². The molecule has 1 rings (SSSR count). The summed E-state index contributed by atoms with van der Waals surface area (Å²) in [6.45, 7) is 7.39. The smallest absolute Gasteiger partial charge is 0.408 e. The summed E-state index contributed by atoms with van der Waals surface area (Å²) >= 11 is 0. The summed E-state index contributed by atoms with van der Waals surface area (Å²) in [5, 5.41) is 2.76. The fourth-order valence-corrected chi connectivity index (χ4v) is 1.34. The lowest BCUT2D eigenvalue weighted by Gasteiger charge is -2.22. The summed E-state index contributed by atoms with van der Waals surface area (Å²) in [6, 6.07) is -0.123. The van der Waals surface area contributed by atoms with E-state index in [-0.39, 0.29) is 6.04 Å². The molecule has 0 aromatic carbocycles. The summed E-state index contributed by atoms with van der Waals surface area (Å²) in [6.07, 6.45) is 3.01. The van der Waals surface area contributed by atoms with E-state index in [1.807, 2.05) is 39.3 Å². The topological polar surface area (TPSA) is 56.1 Å². The first kappa shape index (κ1) is 12.5. The van der Waals surface area contributed by atoms with Gasteiger partial charge in [-0.15, -0.1) is 0 Å². The molecule has 1 aromatic rings. The summed E-state index contributed by atoms with van der Waals surface area (Å²) in [7, 11) is 1.88. The minimum atomic E-state index is -0.476. The molecule has 0 saturated carbocycles. The molecule has 1 heterocycles. The minimum absolute atomic E-state index is 0.123. The number of hydrogen-bond donors (Lipinski definition) is 1. The largest absolute Gasteiger partial charge is 0.444 e. The number of alkyl carbamates (subject to hydrolysis) is 1. The molecule has 0 saturated heterocycles. The molecular formula is C11H19N3O2. The van der Waals surface area contributed by atoms with Gasteiger partial charge in [0.15, 0.2) is 0 Å². The van der Waals surface area contributed by atoms with Crippen molar-refractivity contribution in [2.45, 2.75) is 39.3 Å². The lowest BCUT2D eigenvalue weighted by atomic mass is 10.2. The number of imidazole rings is 1. The van der Waals surface area contributed by atoms with Crippen molar-refractivity contribution in [3.8, 4) is 0 Å². The van der Waals surface area contributed by atoms with Crippen molar-refractivity contribution in [2.24, 2.45) is 7.05 Å². The van der Waals surface area contributed by atoms with Gasteiger partial charge < -0.3 is 14.6 Å². The van der Waals surface area contributed by atoms with Crippen LogP contribution in [0.1, 0.15) is 39.4 Å². The molecule has 0 radical (unpaired) electrons. The maximum atomic E-state index is 11.5.